The Morgan fingerprint density at radius 2 is 1.69 bits per heavy atom. The molecule has 2 amide bonds. The molecule has 0 aliphatic carbocycles. The highest BCUT2D eigenvalue weighted by Gasteiger charge is 2.22. The lowest BCUT2D eigenvalue weighted by Gasteiger charge is -2.36. The largest absolute Gasteiger partial charge is 0.379 e. The lowest BCUT2D eigenvalue weighted by Crippen LogP contribution is -2.51. The molecule has 1 aromatic carbocycles. The first kappa shape index (κ1) is 19.5. The number of nitrogens with one attached hydrogen (secondary N) is 1. The van der Waals surface area contributed by atoms with Gasteiger partial charge in [-0.15, -0.1) is 11.8 Å². The van der Waals surface area contributed by atoms with Crippen LogP contribution >= 0.6 is 11.8 Å². The zero-order valence-electron chi connectivity index (χ0n) is 15.7. The molecule has 2 aliphatic rings. The van der Waals surface area contributed by atoms with E-state index in [1.54, 1.807) is 11.8 Å². The van der Waals surface area contributed by atoms with Crippen molar-refractivity contribution in [2.45, 2.75) is 11.8 Å². The summed E-state index contributed by atoms with van der Waals surface area (Å²) in [6, 6.07) is 8.05. The van der Waals surface area contributed by atoms with Crippen LogP contribution in [-0.4, -0.2) is 92.1 Å². The topological polar surface area (TPSA) is 48.1 Å². The molecule has 2 heterocycles. The van der Waals surface area contributed by atoms with Gasteiger partial charge in [0, 0.05) is 57.3 Å². The van der Waals surface area contributed by atoms with Gasteiger partial charge in [-0.2, -0.15) is 0 Å². The minimum absolute atomic E-state index is 0.0157. The van der Waals surface area contributed by atoms with Gasteiger partial charge in [0.15, 0.2) is 0 Å². The van der Waals surface area contributed by atoms with Gasteiger partial charge in [0.05, 0.1) is 18.9 Å². The van der Waals surface area contributed by atoms with Crippen molar-refractivity contribution in [3.63, 3.8) is 0 Å². The summed E-state index contributed by atoms with van der Waals surface area (Å²) in [6.45, 7) is 11.6. The Bertz CT molecular complexity index is 572. The van der Waals surface area contributed by atoms with E-state index in [0.29, 0.717) is 0 Å². The molecule has 26 heavy (non-hydrogen) atoms. The number of benzene rings is 1. The second kappa shape index (κ2) is 10.2. The van der Waals surface area contributed by atoms with E-state index in [-0.39, 0.29) is 6.03 Å². The van der Waals surface area contributed by atoms with Crippen LogP contribution in [0.5, 0.6) is 0 Å². The van der Waals surface area contributed by atoms with Gasteiger partial charge in [0.25, 0.3) is 0 Å². The lowest BCUT2D eigenvalue weighted by atomic mass is 10.3. The highest BCUT2D eigenvalue weighted by Crippen LogP contribution is 2.26. The maximum atomic E-state index is 12.6. The fourth-order valence-corrected chi connectivity index (χ4v) is 4.09. The number of carbonyl (C=O) groups is 1. The van der Waals surface area contributed by atoms with Gasteiger partial charge < -0.3 is 15.0 Å². The Morgan fingerprint density at radius 3 is 2.38 bits per heavy atom. The van der Waals surface area contributed by atoms with E-state index in [4.69, 9.17) is 4.74 Å². The minimum atomic E-state index is 0.0157. The number of amides is 2. The summed E-state index contributed by atoms with van der Waals surface area (Å²) in [4.78, 5) is 20.6. The molecule has 0 radical (unpaired) electrons. The first-order chi connectivity index (χ1) is 12.8. The predicted octanol–water partition coefficient (Wildman–Crippen LogP) is 2.28. The molecule has 2 saturated heterocycles. The molecule has 1 aromatic rings. The van der Waals surface area contributed by atoms with E-state index in [9.17, 15) is 4.79 Å². The van der Waals surface area contributed by atoms with Crippen LogP contribution in [0, 0.1) is 0 Å². The van der Waals surface area contributed by atoms with E-state index in [2.05, 4.69) is 28.1 Å². The molecule has 2 aliphatic heterocycles. The number of hydrogen-bond acceptors (Lipinski definition) is 5. The third-order valence-electron chi connectivity index (χ3n) is 4.92. The highest BCUT2D eigenvalue weighted by atomic mass is 32.2. The molecular weight excluding hydrogens is 348 g/mol. The number of urea groups is 1. The second-order valence-electron chi connectivity index (χ2n) is 6.64. The van der Waals surface area contributed by atoms with E-state index in [0.717, 1.165) is 81.9 Å². The van der Waals surface area contributed by atoms with Crippen LogP contribution in [0.1, 0.15) is 6.92 Å². The SMILES string of the molecule is CCSc1ccccc1NC(=O)N1CCN(CCN2CCOCC2)CC1. The maximum Gasteiger partial charge on any atom is 0.321 e. The lowest BCUT2D eigenvalue weighted by molar-refractivity contribution is 0.0311. The molecule has 2 fully saturated rings. The molecule has 0 atom stereocenters. The number of piperazine rings is 1. The number of rotatable bonds is 6. The smallest absolute Gasteiger partial charge is 0.321 e. The van der Waals surface area contributed by atoms with Crippen molar-refractivity contribution >= 4 is 23.5 Å². The van der Waals surface area contributed by atoms with Gasteiger partial charge >= 0.3 is 6.03 Å². The van der Waals surface area contributed by atoms with Crippen LogP contribution in [0.2, 0.25) is 0 Å². The molecule has 0 aromatic heterocycles. The van der Waals surface area contributed by atoms with Gasteiger partial charge in [-0.25, -0.2) is 4.79 Å². The number of carbonyl (C=O) groups excluding carboxylic acids is 1. The Morgan fingerprint density at radius 1 is 1.04 bits per heavy atom. The standard InChI is InChI=1S/C19H30N4O2S/c1-2-26-18-6-4-3-5-17(18)20-19(24)23-11-9-21(10-12-23)7-8-22-13-15-25-16-14-22/h3-6H,2,7-16H2,1H3,(H,20,24). The van der Waals surface area contributed by atoms with Gasteiger partial charge in [-0.05, 0) is 17.9 Å². The van der Waals surface area contributed by atoms with Crippen molar-refractivity contribution in [2.75, 3.05) is 76.6 Å². The number of nitrogens with zero attached hydrogens (tertiary/aromatic N) is 3. The number of hydrogen-bond donors (Lipinski definition) is 1. The zero-order chi connectivity index (χ0) is 18.2. The number of ether oxygens (including phenoxy) is 1. The summed E-state index contributed by atoms with van der Waals surface area (Å²) in [5.41, 5.74) is 0.916. The fourth-order valence-electron chi connectivity index (χ4n) is 3.33. The van der Waals surface area contributed by atoms with Crippen LogP contribution in [0.3, 0.4) is 0 Å². The van der Waals surface area contributed by atoms with Crippen LogP contribution in [0.15, 0.2) is 29.2 Å². The van der Waals surface area contributed by atoms with Gasteiger partial charge in [-0.3, -0.25) is 9.80 Å². The summed E-state index contributed by atoms with van der Waals surface area (Å²) < 4.78 is 5.40. The van der Waals surface area contributed by atoms with E-state index >= 15 is 0 Å². The summed E-state index contributed by atoms with van der Waals surface area (Å²) >= 11 is 1.76. The van der Waals surface area contributed by atoms with E-state index in [1.165, 1.54) is 0 Å². The minimum Gasteiger partial charge on any atom is -0.379 e. The van der Waals surface area contributed by atoms with Crippen LogP contribution < -0.4 is 5.32 Å². The molecule has 1 N–H and O–H groups in total. The van der Waals surface area contributed by atoms with Crippen LogP contribution in [-0.2, 0) is 4.74 Å². The Balaban J connectivity index is 1.42. The van der Waals surface area contributed by atoms with Crippen molar-refractivity contribution < 1.29 is 9.53 Å². The van der Waals surface area contributed by atoms with Gasteiger partial charge in [0.1, 0.15) is 0 Å². The summed E-state index contributed by atoms with van der Waals surface area (Å²) in [5, 5.41) is 3.09. The molecule has 0 bridgehead atoms. The van der Waals surface area contributed by atoms with Crippen LogP contribution in [0.25, 0.3) is 0 Å². The molecule has 7 heteroatoms. The normalized spacial score (nSPS) is 19.5. The first-order valence-electron chi connectivity index (χ1n) is 9.56. The average molecular weight is 379 g/mol. The number of anilines is 1. The Labute approximate surface area is 160 Å². The summed E-state index contributed by atoms with van der Waals surface area (Å²) in [5.74, 6) is 0.995. The molecular formula is C19H30N4O2S. The van der Waals surface area contributed by atoms with Crippen molar-refractivity contribution in [2.24, 2.45) is 0 Å². The zero-order valence-corrected chi connectivity index (χ0v) is 16.5. The Kier molecular flexibility index (Phi) is 7.61. The molecule has 0 spiro atoms. The van der Waals surface area contributed by atoms with Crippen LogP contribution in [0.4, 0.5) is 10.5 Å². The van der Waals surface area contributed by atoms with Gasteiger partial charge in [0.2, 0.25) is 0 Å². The van der Waals surface area contributed by atoms with Gasteiger partial charge in [-0.1, -0.05) is 19.1 Å². The average Bonchev–Trinajstić information content (AvgIpc) is 2.69. The quantitative estimate of drug-likeness (QED) is 0.770. The third-order valence-corrected chi connectivity index (χ3v) is 5.88. The molecule has 3 rings (SSSR count). The van der Waals surface area contributed by atoms with Crippen molar-refractivity contribution in [3.8, 4) is 0 Å². The molecule has 0 unspecified atom stereocenters. The van der Waals surface area contributed by atoms with Crippen molar-refractivity contribution in [1.82, 2.24) is 14.7 Å². The Hall–Kier alpha value is -1.28. The first-order valence-corrected chi connectivity index (χ1v) is 10.5. The third kappa shape index (κ3) is 5.61. The van der Waals surface area contributed by atoms with Crippen molar-refractivity contribution in [1.29, 1.82) is 0 Å². The molecule has 144 valence electrons. The fraction of sp³-hybridized carbons (Fsp3) is 0.632. The highest BCUT2D eigenvalue weighted by molar-refractivity contribution is 7.99. The predicted molar refractivity (Wildman–Crippen MR) is 107 cm³/mol. The number of para-hydroxylation sites is 1. The van der Waals surface area contributed by atoms with Crippen molar-refractivity contribution in [3.05, 3.63) is 24.3 Å². The number of thioether (sulfide) groups is 1. The molecule has 6 nitrogen and oxygen atoms in total. The van der Waals surface area contributed by atoms with E-state index < -0.39 is 0 Å². The number of morpholine rings is 1. The monoisotopic (exact) mass is 378 g/mol. The summed E-state index contributed by atoms with van der Waals surface area (Å²) in [7, 11) is 0. The van der Waals surface area contributed by atoms with E-state index in [1.807, 2.05) is 23.1 Å². The maximum absolute atomic E-state index is 12.6. The summed E-state index contributed by atoms with van der Waals surface area (Å²) in [6.07, 6.45) is 0. The molecule has 0 saturated carbocycles. The second-order valence-corrected chi connectivity index (χ2v) is 7.95.